The zero-order valence-electron chi connectivity index (χ0n) is 13.4. The molecule has 2 aromatic rings. The molecule has 25 heavy (non-hydrogen) atoms. The van der Waals surface area contributed by atoms with Crippen molar-refractivity contribution in [2.45, 2.75) is 38.0 Å². The van der Waals surface area contributed by atoms with Crippen molar-refractivity contribution in [2.24, 2.45) is 0 Å². The highest BCUT2D eigenvalue weighted by atomic mass is 16.6. The van der Waals surface area contributed by atoms with Crippen LogP contribution in [0, 0.1) is 0 Å². The molecule has 4 atom stereocenters. The third kappa shape index (κ3) is 2.66. The van der Waals surface area contributed by atoms with E-state index in [0.717, 1.165) is 9.13 Å². The van der Waals surface area contributed by atoms with Gasteiger partial charge in [0.15, 0.2) is 17.4 Å². The largest absolute Gasteiger partial charge is 0.394 e. The molecule has 0 saturated carbocycles. The van der Waals surface area contributed by atoms with Gasteiger partial charge in [0.2, 0.25) is 5.95 Å². The Kier molecular flexibility index (Phi) is 4.47. The summed E-state index contributed by atoms with van der Waals surface area (Å²) < 4.78 is 7.52. The number of aromatic nitrogens is 4. The predicted molar refractivity (Wildman–Crippen MR) is 86.8 cm³/mol. The van der Waals surface area contributed by atoms with E-state index in [1.54, 1.807) is 19.1 Å². The average Bonchev–Trinajstić information content (AvgIpc) is 3.00. The number of hydrogen-bond acceptors (Lipinski definition) is 8. The molecule has 0 aromatic carbocycles. The molecular weight excluding hydrogens is 334 g/mol. The molecule has 136 valence electrons. The molecule has 1 aliphatic rings. The van der Waals surface area contributed by atoms with Gasteiger partial charge < -0.3 is 25.8 Å². The number of imidazole rings is 1. The van der Waals surface area contributed by atoms with Crippen LogP contribution in [0.15, 0.2) is 21.7 Å². The molecule has 6 N–H and O–H groups in total. The van der Waals surface area contributed by atoms with Crippen LogP contribution in [0.25, 0.3) is 11.2 Å². The molecule has 0 aliphatic carbocycles. The van der Waals surface area contributed by atoms with E-state index in [-0.39, 0.29) is 23.7 Å². The van der Waals surface area contributed by atoms with E-state index in [0.29, 0.717) is 0 Å². The Hall–Kier alpha value is -2.47. The molecule has 1 saturated heterocycles. The average molecular weight is 353 g/mol. The zero-order chi connectivity index (χ0) is 18.3. The molecule has 3 rings (SSSR count). The molecule has 11 heteroatoms. The van der Waals surface area contributed by atoms with Crippen molar-refractivity contribution in [3.63, 3.8) is 0 Å². The van der Waals surface area contributed by atoms with Gasteiger partial charge in [-0.15, -0.1) is 0 Å². The Morgan fingerprint density at radius 3 is 2.68 bits per heavy atom. The number of anilines is 1. The van der Waals surface area contributed by atoms with Gasteiger partial charge in [-0.2, -0.15) is 4.98 Å². The lowest BCUT2D eigenvalue weighted by Gasteiger charge is -2.15. The van der Waals surface area contributed by atoms with E-state index in [4.69, 9.17) is 10.5 Å². The number of nitrogens with zero attached hydrogens (tertiary/aromatic N) is 3. The number of H-pyrrole nitrogens is 1. The summed E-state index contributed by atoms with van der Waals surface area (Å²) in [7, 11) is 0. The third-order valence-electron chi connectivity index (χ3n) is 4.13. The number of allylic oxidation sites excluding steroid dienone is 2. The van der Waals surface area contributed by atoms with Gasteiger partial charge in [-0.25, -0.2) is 9.36 Å². The fourth-order valence-electron chi connectivity index (χ4n) is 2.90. The molecule has 3 heterocycles. The normalized spacial score (nSPS) is 26.9. The Morgan fingerprint density at radius 1 is 1.36 bits per heavy atom. The number of nitrogen functional groups attached to an aromatic ring is 1. The van der Waals surface area contributed by atoms with Crippen molar-refractivity contribution >= 4 is 17.1 Å². The summed E-state index contributed by atoms with van der Waals surface area (Å²) in [6, 6.07) is 0. The fourth-order valence-corrected chi connectivity index (χ4v) is 2.90. The molecule has 11 nitrogen and oxygen atoms in total. The number of rotatable bonds is 4. The van der Waals surface area contributed by atoms with Gasteiger partial charge in [-0.1, -0.05) is 12.2 Å². The van der Waals surface area contributed by atoms with Crippen LogP contribution in [-0.2, 0) is 11.3 Å². The second kappa shape index (κ2) is 6.44. The molecule has 0 spiro atoms. The number of aliphatic hydroxyl groups is 3. The molecule has 0 bridgehead atoms. The number of nitrogens with two attached hydrogens (primary N) is 1. The predicted octanol–water partition coefficient (Wildman–Crippen LogP) is -2.34. The molecule has 0 radical (unpaired) electrons. The van der Waals surface area contributed by atoms with Crippen LogP contribution in [0.3, 0.4) is 0 Å². The molecule has 0 unspecified atom stereocenters. The van der Waals surface area contributed by atoms with E-state index in [1.165, 1.54) is 0 Å². The van der Waals surface area contributed by atoms with Gasteiger partial charge in [-0.3, -0.25) is 14.3 Å². The smallest absolute Gasteiger partial charge is 0.333 e. The first-order valence-electron chi connectivity index (χ1n) is 7.64. The Balaban J connectivity index is 2.27. The number of aromatic amines is 1. The summed E-state index contributed by atoms with van der Waals surface area (Å²) in [4.78, 5) is 31.4. The first kappa shape index (κ1) is 17.4. The highest BCUT2D eigenvalue weighted by Gasteiger charge is 2.45. The van der Waals surface area contributed by atoms with E-state index < -0.39 is 42.4 Å². The SMILES string of the molecule is C/C=C/Cn1c(=O)n([C@@H]2O[C@H](CO)[C@H](O)[C@H]2O)c2nc(N)[nH]c(=O)c21. The second-order valence-electron chi connectivity index (χ2n) is 5.68. The van der Waals surface area contributed by atoms with E-state index in [1.807, 2.05) is 0 Å². The van der Waals surface area contributed by atoms with Crippen LogP contribution in [-0.4, -0.2) is 59.3 Å². The van der Waals surface area contributed by atoms with Crippen LogP contribution < -0.4 is 17.0 Å². The van der Waals surface area contributed by atoms with Gasteiger partial charge in [-0.05, 0) is 6.92 Å². The van der Waals surface area contributed by atoms with Crippen LogP contribution >= 0.6 is 0 Å². The van der Waals surface area contributed by atoms with Crippen molar-refractivity contribution in [2.75, 3.05) is 12.3 Å². The van der Waals surface area contributed by atoms with Crippen LogP contribution in [0.2, 0.25) is 0 Å². The molecule has 1 aliphatic heterocycles. The van der Waals surface area contributed by atoms with Crippen LogP contribution in [0.5, 0.6) is 0 Å². The summed E-state index contributed by atoms with van der Waals surface area (Å²) in [5.41, 5.74) is 4.18. The van der Waals surface area contributed by atoms with E-state index in [2.05, 4.69) is 9.97 Å². The highest BCUT2D eigenvalue weighted by molar-refractivity contribution is 5.71. The summed E-state index contributed by atoms with van der Waals surface area (Å²) in [5.74, 6) is -0.207. The van der Waals surface area contributed by atoms with E-state index >= 15 is 0 Å². The zero-order valence-corrected chi connectivity index (χ0v) is 13.4. The lowest BCUT2D eigenvalue weighted by Crippen LogP contribution is -2.36. The standard InChI is InChI=1S/C14H19N5O6/c1-2-3-4-18-7-10(16-13(15)17-11(7)23)19(14(18)24)12-9(22)8(21)6(5-20)25-12/h2-3,6,8-9,12,20-22H,4-5H2,1H3,(H3,15,16,17,23)/b3-2+/t6-,8+,9-,12-/m1/s1. The van der Waals surface area contributed by atoms with Gasteiger partial charge in [0.05, 0.1) is 6.61 Å². The monoisotopic (exact) mass is 353 g/mol. The van der Waals surface area contributed by atoms with Crippen molar-refractivity contribution < 1.29 is 20.1 Å². The number of ether oxygens (including phenoxy) is 1. The number of aliphatic hydroxyl groups excluding tert-OH is 3. The van der Waals surface area contributed by atoms with Gasteiger partial charge in [0.25, 0.3) is 5.56 Å². The van der Waals surface area contributed by atoms with Crippen molar-refractivity contribution in [3.05, 3.63) is 33.0 Å². The van der Waals surface area contributed by atoms with Gasteiger partial charge in [0.1, 0.15) is 18.3 Å². The lowest BCUT2D eigenvalue weighted by atomic mass is 10.1. The second-order valence-corrected chi connectivity index (χ2v) is 5.68. The first-order chi connectivity index (χ1) is 11.9. The molecule has 1 fully saturated rings. The Labute approximate surface area is 140 Å². The fraction of sp³-hybridized carbons (Fsp3) is 0.500. The molecule has 2 aromatic heterocycles. The quantitative estimate of drug-likeness (QED) is 0.381. The maximum absolute atomic E-state index is 12.8. The maximum atomic E-state index is 12.8. The summed E-state index contributed by atoms with van der Waals surface area (Å²) in [5, 5.41) is 29.4. The minimum absolute atomic E-state index is 0.0324. The number of fused-ring (bicyclic) bond motifs is 1. The van der Waals surface area contributed by atoms with Gasteiger partial charge in [0, 0.05) is 6.54 Å². The van der Waals surface area contributed by atoms with E-state index in [9.17, 15) is 24.9 Å². The van der Waals surface area contributed by atoms with Crippen LogP contribution in [0.4, 0.5) is 5.95 Å². The maximum Gasteiger partial charge on any atom is 0.333 e. The summed E-state index contributed by atoms with van der Waals surface area (Å²) in [6.45, 7) is 1.32. The highest BCUT2D eigenvalue weighted by Crippen LogP contribution is 2.30. The van der Waals surface area contributed by atoms with Crippen molar-refractivity contribution in [1.82, 2.24) is 19.1 Å². The topological polar surface area (TPSA) is 169 Å². The Bertz CT molecular complexity index is 928. The first-order valence-corrected chi connectivity index (χ1v) is 7.64. The van der Waals surface area contributed by atoms with Crippen LogP contribution in [0.1, 0.15) is 13.2 Å². The Morgan fingerprint density at radius 2 is 2.08 bits per heavy atom. The lowest BCUT2D eigenvalue weighted by molar-refractivity contribution is -0.0527. The third-order valence-corrected chi connectivity index (χ3v) is 4.13. The number of hydrogen-bond donors (Lipinski definition) is 5. The minimum Gasteiger partial charge on any atom is -0.394 e. The van der Waals surface area contributed by atoms with Crippen molar-refractivity contribution in [3.8, 4) is 0 Å². The molecule has 0 amide bonds. The van der Waals surface area contributed by atoms with Gasteiger partial charge >= 0.3 is 5.69 Å². The summed E-state index contributed by atoms with van der Waals surface area (Å²) >= 11 is 0. The summed E-state index contributed by atoms with van der Waals surface area (Å²) in [6.07, 6.45) is -1.89. The number of nitrogens with one attached hydrogen (secondary N) is 1. The molecular formula is C14H19N5O6. The minimum atomic E-state index is -1.49. The van der Waals surface area contributed by atoms with Crippen molar-refractivity contribution in [1.29, 1.82) is 0 Å².